The van der Waals surface area contributed by atoms with Crippen molar-refractivity contribution >= 4 is 23.4 Å². The SMILES string of the molecule is C=CCN(C(=O)[C@H]1[C@H]2C(=O)N([C@H](CO)c3ccccc3)C(C(=O)N(CC=C)C3CCCCC3)C23CC[C@]1(C)O3)c1ccccc1. The molecule has 8 heteroatoms. The highest BCUT2D eigenvalue weighted by Crippen LogP contribution is 2.64. The van der Waals surface area contributed by atoms with Crippen molar-refractivity contribution in [3.05, 3.63) is 91.5 Å². The zero-order chi connectivity index (χ0) is 31.8. The lowest BCUT2D eigenvalue weighted by molar-refractivity contribution is -0.156. The molecular formula is C37H45N3O5. The number of ether oxygens (including phenoxy) is 1. The molecule has 0 aromatic heterocycles. The summed E-state index contributed by atoms with van der Waals surface area (Å²) >= 11 is 0. The maximum Gasteiger partial charge on any atom is 0.248 e. The molecule has 1 saturated carbocycles. The van der Waals surface area contributed by atoms with Crippen molar-refractivity contribution in [3.63, 3.8) is 0 Å². The van der Waals surface area contributed by atoms with Crippen LogP contribution in [-0.4, -0.2) is 75.6 Å². The summed E-state index contributed by atoms with van der Waals surface area (Å²) in [6, 6.07) is 17.0. The number of fused-ring (bicyclic) bond motifs is 1. The Hall–Kier alpha value is -3.75. The van der Waals surface area contributed by atoms with Crippen molar-refractivity contribution in [3.8, 4) is 0 Å². The minimum absolute atomic E-state index is 0.0359. The minimum atomic E-state index is -1.20. The number of carbonyl (C=O) groups is 3. The number of likely N-dealkylation sites (tertiary alicyclic amines) is 1. The quantitative estimate of drug-likeness (QED) is 0.359. The first-order valence-electron chi connectivity index (χ1n) is 16.4. The van der Waals surface area contributed by atoms with E-state index in [1.165, 1.54) is 0 Å². The minimum Gasteiger partial charge on any atom is -0.394 e. The van der Waals surface area contributed by atoms with E-state index in [0.717, 1.165) is 37.7 Å². The van der Waals surface area contributed by atoms with E-state index in [0.29, 0.717) is 25.1 Å². The number of hydrogen-bond donors (Lipinski definition) is 1. The van der Waals surface area contributed by atoms with Crippen LogP contribution in [0.4, 0.5) is 5.69 Å². The van der Waals surface area contributed by atoms with Crippen molar-refractivity contribution in [1.29, 1.82) is 0 Å². The monoisotopic (exact) mass is 611 g/mol. The zero-order valence-corrected chi connectivity index (χ0v) is 26.2. The third kappa shape index (κ3) is 5.12. The molecule has 0 radical (unpaired) electrons. The van der Waals surface area contributed by atoms with Crippen LogP contribution in [0.2, 0.25) is 0 Å². The molecule has 1 N–H and O–H groups in total. The van der Waals surface area contributed by atoms with Crippen LogP contribution in [0.5, 0.6) is 0 Å². The van der Waals surface area contributed by atoms with E-state index in [4.69, 9.17) is 4.74 Å². The summed E-state index contributed by atoms with van der Waals surface area (Å²) in [5.41, 5.74) is -0.677. The highest BCUT2D eigenvalue weighted by Gasteiger charge is 2.79. The number of aliphatic hydroxyl groups excluding tert-OH is 1. The molecule has 1 spiro atoms. The van der Waals surface area contributed by atoms with E-state index in [1.54, 1.807) is 22.0 Å². The predicted molar refractivity (Wildman–Crippen MR) is 173 cm³/mol. The van der Waals surface area contributed by atoms with Gasteiger partial charge in [0.1, 0.15) is 11.6 Å². The molecule has 3 amide bonds. The average molecular weight is 612 g/mol. The maximum atomic E-state index is 15.0. The number of hydrogen-bond acceptors (Lipinski definition) is 5. The van der Waals surface area contributed by atoms with Gasteiger partial charge in [0.25, 0.3) is 0 Å². The van der Waals surface area contributed by atoms with Gasteiger partial charge in [0, 0.05) is 24.8 Å². The molecule has 3 heterocycles. The van der Waals surface area contributed by atoms with Crippen LogP contribution >= 0.6 is 0 Å². The summed E-state index contributed by atoms with van der Waals surface area (Å²) in [7, 11) is 0. The molecule has 2 aromatic rings. The van der Waals surface area contributed by atoms with Gasteiger partial charge in [0.15, 0.2) is 0 Å². The van der Waals surface area contributed by atoms with Gasteiger partial charge in [-0.1, -0.05) is 79.9 Å². The van der Waals surface area contributed by atoms with Crippen LogP contribution in [-0.2, 0) is 19.1 Å². The van der Waals surface area contributed by atoms with Crippen LogP contribution in [0.3, 0.4) is 0 Å². The number of anilines is 1. The molecule has 1 aliphatic carbocycles. The Morgan fingerprint density at radius 1 is 0.978 bits per heavy atom. The number of nitrogens with zero attached hydrogens (tertiary/aromatic N) is 3. The van der Waals surface area contributed by atoms with E-state index in [9.17, 15) is 14.7 Å². The topological polar surface area (TPSA) is 90.4 Å². The molecule has 45 heavy (non-hydrogen) atoms. The van der Waals surface area contributed by atoms with Crippen LogP contribution in [0.25, 0.3) is 0 Å². The van der Waals surface area contributed by atoms with Crippen molar-refractivity contribution in [2.45, 2.75) is 81.2 Å². The molecule has 6 rings (SSSR count). The van der Waals surface area contributed by atoms with Crippen molar-refractivity contribution in [2.24, 2.45) is 11.8 Å². The largest absolute Gasteiger partial charge is 0.394 e. The molecule has 2 aromatic carbocycles. The second-order valence-electron chi connectivity index (χ2n) is 13.2. The molecule has 3 saturated heterocycles. The Morgan fingerprint density at radius 2 is 1.62 bits per heavy atom. The van der Waals surface area contributed by atoms with Crippen LogP contribution in [0.1, 0.15) is 63.5 Å². The molecule has 6 atom stereocenters. The summed E-state index contributed by atoms with van der Waals surface area (Å²) in [6.07, 6.45) is 9.46. The lowest BCUT2D eigenvalue weighted by atomic mass is 9.66. The fraction of sp³-hybridized carbons (Fsp3) is 0.486. The van der Waals surface area contributed by atoms with Crippen LogP contribution in [0.15, 0.2) is 86.0 Å². The van der Waals surface area contributed by atoms with E-state index >= 15 is 4.79 Å². The van der Waals surface area contributed by atoms with Crippen LogP contribution < -0.4 is 4.90 Å². The Morgan fingerprint density at radius 3 is 2.24 bits per heavy atom. The second kappa shape index (κ2) is 12.6. The third-order valence-corrected chi connectivity index (χ3v) is 10.7. The highest BCUT2D eigenvalue weighted by atomic mass is 16.5. The Kier molecular flexibility index (Phi) is 8.72. The molecule has 2 bridgehead atoms. The zero-order valence-electron chi connectivity index (χ0n) is 26.2. The van der Waals surface area contributed by atoms with E-state index in [1.807, 2.05) is 72.5 Å². The Bertz CT molecular complexity index is 1430. The van der Waals surface area contributed by atoms with Gasteiger partial charge in [-0.05, 0) is 50.3 Å². The van der Waals surface area contributed by atoms with Gasteiger partial charge < -0.3 is 24.5 Å². The number of rotatable bonds is 11. The molecular weight excluding hydrogens is 566 g/mol. The number of carbonyl (C=O) groups excluding carboxylic acids is 3. The molecule has 3 aliphatic heterocycles. The lowest BCUT2D eigenvalue weighted by Crippen LogP contribution is -2.59. The average Bonchev–Trinajstić information content (AvgIpc) is 3.64. The normalized spacial score (nSPS) is 29.7. The summed E-state index contributed by atoms with van der Waals surface area (Å²) in [4.78, 5) is 49.8. The first-order chi connectivity index (χ1) is 21.8. The number of amides is 3. The third-order valence-electron chi connectivity index (χ3n) is 10.7. The van der Waals surface area contributed by atoms with Gasteiger partial charge in [0.05, 0.1) is 30.1 Å². The molecule has 238 valence electrons. The Labute approximate surface area is 266 Å². The van der Waals surface area contributed by atoms with Gasteiger partial charge in [-0.3, -0.25) is 14.4 Å². The predicted octanol–water partition coefficient (Wildman–Crippen LogP) is 5.05. The molecule has 2 unspecified atom stereocenters. The summed E-state index contributed by atoms with van der Waals surface area (Å²) < 4.78 is 6.96. The van der Waals surface area contributed by atoms with Crippen molar-refractivity contribution in [1.82, 2.24) is 9.80 Å². The van der Waals surface area contributed by atoms with Crippen molar-refractivity contribution in [2.75, 3.05) is 24.6 Å². The first-order valence-corrected chi connectivity index (χ1v) is 16.4. The smallest absolute Gasteiger partial charge is 0.248 e. The molecule has 8 nitrogen and oxygen atoms in total. The van der Waals surface area contributed by atoms with Gasteiger partial charge in [-0.2, -0.15) is 0 Å². The second-order valence-corrected chi connectivity index (χ2v) is 13.2. The van der Waals surface area contributed by atoms with Crippen LogP contribution in [0, 0.1) is 11.8 Å². The fourth-order valence-corrected chi connectivity index (χ4v) is 8.72. The summed E-state index contributed by atoms with van der Waals surface area (Å²) in [5.74, 6) is -2.39. The summed E-state index contributed by atoms with van der Waals surface area (Å²) in [5, 5.41) is 10.8. The van der Waals surface area contributed by atoms with E-state index < -0.39 is 35.1 Å². The first kappa shape index (κ1) is 31.2. The summed E-state index contributed by atoms with van der Waals surface area (Å²) in [6.45, 7) is 10.0. The van der Waals surface area contributed by atoms with Gasteiger partial charge in [-0.25, -0.2) is 0 Å². The number of benzene rings is 2. The highest BCUT2D eigenvalue weighted by molar-refractivity contribution is 6.03. The number of para-hydroxylation sites is 1. The molecule has 4 fully saturated rings. The fourth-order valence-electron chi connectivity index (χ4n) is 8.72. The molecule has 4 aliphatic rings. The van der Waals surface area contributed by atoms with Gasteiger partial charge in [0.2, 0.25) is 17.7 Å². The van der Waals surface area contributed by atoms with Crippen molar-refractivity contribution < 1.29 is 24.2 Å². The van der Waals surface area contributed by atoms with Gasteiger partial charge >= 0.3 is 0 Å². The van der Waals surface area contributed by atoms with E-state index in [2.05, 4.69) is 13.2 Å². The van der Waals surface area contributed by atoms with E-state index in [-0.39, 0.29) is 36.9 Å². The Balaban J connectivity index is 1.47. The number of aliphatic hydroxyl groups is 1. The maximum absolute atomic E-state index is 15.0. The standard InChI is InChI=1S/C37H45N3O5/c1-4-23-38(27-17-11-7-12-18-27)33(42)30-31-34(43)40(29(25-41)26-15-9-6-10-16-26)32(37(31)22-21-36(30,3)45-37)35(44)39(24-5-2)28-19-13-8-14-20-28/h4-7,9-12,15-18,28-32,41H,1-2,8,13-14,19-25H2,3H3/t29-,30-,31+,32?,36+,37?/m1/s1. The lowest BCUT2D eigenvalue weighted by Gasteiger charge is -2.42. The van der Waals surface area contributed by atoms with Gasteiger partial charge in [-0.15, -0.1) is 13.2 Å².